The maximum Gasteiger partial charge on any atom is 0.00390 e. The summed E-state index contributed by atoms with van der Waals surface area (Å²) in [5.74, 6) is 1.80. The third kappa shape index (κ3) is 5.31. The summed E-state index contributed by atoms with van der Waals surface area (Å²) in [6.07, 6.45) is 4.07. The molecule has 1 N–H and O–H groups in total. The van der Waals surface area contributed by atoms with E-state index in [-0.39, 0.29) is 0 Å². The highest BCUT2D eigenvalue weighted by Crippen LogP contribution is 2.21. The van der Waals surface area contributed by atoms with E-state index in [1.807, 2.05) is 0 Å². The molecule has 1 saturated heterocycles. The van der Waals surface area contributed by atoms with Crippen molar-refractivity contribution in [3.05, 3.63) is 0 Å². The molecule has 3 atom stereocenters. The number of hydrogen-bond donors (Lipinski definition) is 1. The summed E-state index contributed by atoms with van der Waals surface area (Å²) in [6.45, 7) is 14.3. The van der Waals surface area contributed by atoms with Crippen molar-refractivity contribution in [3.8, 4) is 0 Å². The van der Waals surface area contributed by atoms with Gasteiger partial charge < -0.3 is 10.2 Å². The molecule has 2 heteroatoms. The Morgan fingerprint density at radius 2 is 1.88 bits per heavy atom. The van der Waals surface area contributed by atoms with E-state index < -0.39 is 0 Å². The lowest BCUT2D eigenvalue weighted by Gasteiger charge is -2.35. The molecular weight excluding hydrogens is 196 g/mol. The lowest BCUT2D eigenvalue weighted by atomic mass is 9.92. The molecule has 0 bridgehead atoms. The van der Waals surface area contributed by atoms with Crippen LogP contribution < -0.4 is 5.32 Å². The molecular formula is C14H30N2. The average molecular weight is 226 g/mol. The van der Waals surface area contributed by atoms with Crippen LogP contribution >= 0.6 is 0 Å². The zero-order valence-corrected chi connectivity index (χ0v) is 11.6. The van der Waals surface area contributed by atoms with Gasteiger partial charge in [0.15, 0.2) is 0 Å². The van der Waals surface area contributed by atoms with Gasteiger partial charge in [0.05, 0.1) is 0 Å². The Labute approximate surface area is 102 Å². The smallest absolute Gasteiger partial charge is 0.00390 e. The van der Waals surface area contributed by atoms with E-state index in [4.69, 9.17) is 0 Å². The fourth-order valence-electron chi connectivity index (χ4n) is 3.05. The van der Waals surface area contributed by atoms with Crippen LogP contribution in [0.4, 0.5) is 0 Å². The van der Waals surface area contributed by atoms with E-state index >= 15 is 0 Å². The van der Waals surface area contributed by atoms with Gasteiger partial charge in [0.1, 0.15) is 0 Å². The van der Waals surface area contributed by atoms with Gasteiger partial charge >= 0.3 is 0 Å². The molecule has 0 aromatic carbocycles. The van der Waals surface area contributed by atoms with Crippen molar-refractivity contribution in [1.82, 2.24) is 10.2 Å². The van der Waals surface area contributed by atoms with Crippen molar-refractivity contribution in [2.75, 3.05) is 26.2 Å². The Morgan fingerprint density at radius 3 is 2.44 bits per heavy atom. The first-order chi connectivity index (χ1) is 7.61. The van der Waals surface area contributed by atoms with Crippen molar-refractivity contribution in [3.63, 3.8) is 0 Å². The van der Waals surface area contributed by atoms with Crippen LogP contribution in [-0.4, -0.2) is 37.1 Å². The van der Waals surface area contributed by atoms with Gasteiger partial charge in [-0.05, 0) is 51.1 Å². The first-order valence-corrected chi connectivity index (χ1v) is 7.07. The molecule has 0 amide bonds. The summed E-state index contributed by atoms with van der Waals surface area (Å²) in [7, 11) is 0. The molecule has 96 valence electrons. The van der Waals surface area contributed by atoms with Gasteiger partial charge in [0.25, 0.3) is 0 Å². The second-order valence-electron chi connectivity index (χ2n) is 5.81. The Balaban J connectivity index is 2.12. The predicted molar refractivity (Wildman–Crippen MR) is 71.8 cm³/mol. The standard InChI is InChI=1S/C14H30N2/c1-5-15-14(4)7-6-8-16-10-12(2)9-13(3)11-16/h12-15H,5-11H2,1-4H3. The minimum absolute atomic E-state index is 0.685. The number of nitrogens with one attached hydrogen (secondary N) is 1. The molecule has 0 radical (unpaired) electrons. The molecule has 1 fully saturated rings. The minimum Gasteiger partial charge on any atom is -0.315 e. The Morgan fingerprint density at radius 1 is 1.25 bits per heavy atom. The number of likely N-dealkylation sites (tertiary alicyclic amines) is 1. The molecule has 0 aromatic heterocycles. The molecule has 0 aromatic rings. The normalized spacial score (nSPS) is 29.2. The van der Waals surface area contributed by atoms with E-state index in [9.17, 15) is 0 Å². The predicted octanol–water partition coefficient (Wildman–Crippen LogP) is 2.74. The van der Waals surface area contributed by atoms with Crippen LogP contribution in [0, 0.1) is 11.8 Å². The van der Waals surface area contributed by atoms with Crippen molar-refractivity contribution in [2.45, 2.75) is 53.0 Å². The topological polar surface area (TPSA) is 15.3 Å². The van der Waals surface area contributed by atoms with Gasteiger partial charge in [-0.2, -0.15) is 0 Å². The number of nitrogens with zero attached hydrogens (tertiary/aromatic N) is 1. The Kier molecular flexibility index (Phi) is 6.37. The highest BCUT2D eigenvalue weighted by atomic mass is 15.1. The van der Waals surface area contributed by atoms with Crippen LogP contribution in [0.5, 0.6) is 0 Å². The van der Waals surface area contributed by atoms with E-state index in [1.54, 1.807) is 0 Å². The molecule has 1 aliphatic heterocycles. The molecule has 0 saturated carbocycles. The zero-order chi connectivity index (χ0) is 12.0. The lowest BCUT2D eigenvalue weighted by Crippen LogP contribution is -2.39. The summed E-state index contributed by atoms with van der Waals surface area (Å²) in [5.41, 5.74) is 0. The van der Waals surface area contributed by atoms with Crippen molar-refractivity contribution < 1.29 is 0 Å². The summed E-state index contributed by atoms with van der Waals surface area (Å²) in [6, 6.07) is 0.685. The average Bonchev–Trinajstić information content (AvgIpc) is 2.16. The third-order valence-corrected chi connectivity index (χ3v) is 3.61. The highest BCUT2D eigenvalue weighted by Gasteiger charge is 2.21. The van der Waals surface area contributed by atoms with Crippen molar-refractivity contribution in [2.24, 2.45) is 11.8 Å². The molecule has 0 spiro atoms. The van der Waals surface area contributed by atoms with Gasteiger partial charge in [0, 0.05) is 19.1 Å². The van der Waals surface area contributed by atoms with Gasteiger partial charge in [-0.1, -0.05) is 20.8 Å². The minimum atomic E-state index is 0.685. The molecule has 2 nitrogen and oxygen atoms in total. The zero-order valence-electron chi connectivity index (χ0n) is 11.6. The van der Waals surface area contributed by atoms with Crippen molar-refractivity contribution >= 4 is 0 Å². The van der Waals surface area contributed by atoms with Crippen LogP contribution in [0.15, 0.2) is 0 Å². The molecule has 1 aliphatic rings. The van der Waals surface area contributed by atoms with Gasteiger partial charge in [-0.3, -0.25) is 0 Å². The molecule has 16 heavy (non-hydrogen) atoms. The molecule has 3 unspecified atom stereocenters. The first kappa shape index (κ1) is 14.0. The highest BCUT2D eigenvalue weighted by molar-refractivity contribution is 4.75. The molecule has 1 heterocycles. The molecule has 0 aliphatic carbocycles. The second kappa shape index (κ2) is 7.29. The lowest BCUT2D eigenvalue weighted by molar-refractivity contribution is 0.138. The third-order valence-electron chi connectivity index (χ3n) is 3.61. The summed E-state index contributed by atoms with van der Waals surface area (Å²) in [4.78, 5) is 2.66. The maximum atomic E-state index is 3.48. The number of rotatable bonds is 6. The van der Waals surface area contributed by atoms with Crippen LogP contribution in [0.3, 0.4) is 0 Å². The van der Waals surface area contributed by atoms with Crippen LogP contribution in [0.25, 0.3) is 0 Å². The number of piperidine rings is 1. The maximum absolute atomic E-state index is 3.48. The van der Waals surface area contributed by atoms with Crippen molar-refractivity contribution in [1.29, 1.82) is 0 Å². The number of hydrogen-bond acceptors (Lipinski definition) is 2. The van der Waals surface area contributed by atoms with Gasteiger partial charge in [-0.25, -0.2) is 0 Å². The monoisotopic (exact) mass is 226 g/mol. The summed E-state index contributed by atoms with van der Waals surface area (Å²) >= 11 is 0. The van der Waals surface area contributed by atoms with E-state index in [0.29, 0.717) is 6.04 Å². The summed E-state index contributed by atoms with van der Waals surface area (Å²) in [5, 5.41) is 3.48. The van der Waals surface area contributed by atoms with E-state index in [1.165, 1.54) is 38.9 Å². The first-order valence-electron chi connectivity index (χ1n) is 7.07. The van der Waals surface area contributed by atoms with Crippen LogP contribution in [-0.2, 0) is 0 Å². The van der Waals surface area contributed by atoms with Crippen LogP contribution in [0.2, 0.25) is 0 Å². The fraction of sp³-hybridized carbons (Fsp3) is 1.00. The largest absolute Gasteiger partial charge is 0.315 e. The van der Waals surface area contributed by atoms with E-state index in [2.05, 4.69) is 37.9 Å². The fourth-order valence-corrected chi connectivity index (χ4v) is 3.05. The summed E-state index contributed by atoms with van der Waals surface area (Å²) < 4.78 is 0. The SMILES string of the molecule is CCNC(C)CCCN1CC(C)CC(C)C1. The Hall–Kier alpha value is -0.0800. The molecule has 1 rings (SSSR count). The second-order valence-corrected chi connectivity index (χ2v) is 5.81. The van der Waals surface area contributed by atoms with Gasteiger partial charge in [-0.15, -0.1) is 0 Å². The van der Waals surface area contributed by atoms with E-state index in [0.717, 1.165) is 18.4 Å². The quantitative estimate of drug-likeness (QED) is 0.749. The van der Waals surface area contributed by atoms with Gasteiger partial charge in [0.2, 0.25) is 0 Å². The Bertz CT molecular complexity index is 172. The van der Waals surface area contributed by atoms with Crippen LogP contribution in [0.1, 0.15) is 47.0 Å².